The van der Waals surface area contributed by atoms with Crippen LogP contribution in [0.4, 0.5) is 0 Å². The van der Waals surface area contributed by atoms with E-state index in [9.17, 15) is 4.79 Å². The van der Waals surface area contributed by atoms with Crippen molar-refractivity contribution in [2.24, 2.45) is 0 Å². The molecule has 2 N–H and O–H groups in total. The van der Waals surface area contributed by atoms with Crippen molar-refractivity contribution in [1.29, 1.82) is 5.26 Å². The number of amides is 1. The van der Waals surface area contributed by atoms with Crippen molar-refractivity contribution in [3.05, 3.63) is 53.7 Å². The number of aromatic nitrogens is 1. The van der Waals surface area contributed by atoms with Gasteiger partial charge in [0.2, 0.25) is 5.88 Å². The van der Waals surface area contributed by atoms with Crippen LogP contribution in [0, 0.1) is 11.3 Å². The molecule has 2 saturated heterocycles. The second kappa shape index (κ2) is 6.54. The SMILES string of the molecule is N#Cc1cccc(Oc2ccc(C(=O)NC3CC4CCC3N4)cc2)n1. The first-order valence-electron chi connectivity index (χ1n) is 8.43. The zero-order chi connectivity index (χ0) is 17.2. The molecule has 2 bridgehead atoms. The molecule has 126 valence electrons. The van der Waals surface area contributed by atoms with E-state index in [0.29, 0.717) is 35.0 Å². The number of pyridine rings is 1. The maximum Gasteiger partial charge on any atom is 0.251 e. The van der Waals surface area contributed by atoms with Crippen LogP contribution >= 0.6 is 0 Å². The minimum Gasteiger partial charge on any atom is -0.439 e. The van der Waals surface area contributed by atoms with Crippen molar-refractivity contribution in [3.8, 4) is 17.7 Å². The number of hydrogen-bond donors (Lipinski definition) is 2. The van der Waals surface area contributed by atoms with E-state index >= 15 is 0 Å². The predicted molar refractivity (Wildman–Crippen MR) is 91.3 cm³/mol. The van der Waals surface area contributed by atoms with Gasteiger partial charge in [-0.15, -0.1) is 0 Å². The Bertz CT molecular complexity index is 828. The molecule has 2 aliphatic rings. The summed E-state index contributed by atoms with van der Waals surface area (Å²) in [6.07, 6.45) is 3.36. The van der Waals surface area contributed by atoms with E-state index in [0.717, 1.165) is 12.8 Å². The van der Waals surface area contributed by atoms with Gasteiger partial charge in [0, 0.05) is 29.8 Å². The number of nitriles is 1. The van der Waals surface area contributed by atoms with Gasteiger partial charge in [-0.05, 0) is 49.6 Å². The van der Waals surface area contributed by atoms with E-state index in [4.69, 9.17) is 10.00 Å². The Labute approximate surface area is 145 Å². The van der Waals surface area contributed by atoms with Crippen LogP contribution in [0.25, 0.3) is 0 Å². The number of rotatable bonds is 4. The molecular formula is C19H18N4O2. The summed E-state index contributed by atoms with van der Waals surface area (Å²) in [5.74, 6) is 0.862. The fourth-order valence-electron chi connectivity index (χ4n) is 3.56. The number of nitrogens with zero attached hydrogens (tertiary/aromatic N) is 2. The Morgan fingerprint density at radius 1 is 1.24 bits per heavy atom. The first-order chi connectivity index (χ1) is 12.2. The molecule has 0 aliphatic carbocycles. The van der Waals surface area contributed by atoms with Crippen LogP contribution in [0.1, 0.15) is 35.3 Å². The van der Waals surface area contributed by atoms with Crippen LogP contribution in [-0.4, -0.2) is 29.0 Å². The minimum atomic E-state index is -0.0597. The molecule has 0 spiro atoms. The molecule has 1 amide bonds. The molecule has 2 aliphatic heterocycles. The quantitative estimate of drug-likeness (QED) is 0.896. The number of hydrogen-bond acceptors (Lipinski definition) is 5. The molecule has 0 saturated carbocycles. The topological polar surface area (TPSA) is 87.0 Å². The number of benzene rings is 1. The van der Waals surface area contributed by atoms with Crippen LogP contribution in [0.5, 0.6) is 11.6 Å². The summed E-state index contributed by atoms with van der Waals surface area (Å²) < 4.78 is 5.63. The Hall–Kier alpha value is -2.91. The second-order valence-electron chi connectivity index (χ2n) is 6.46. The second-order valence-corrected chi connectivity index (χ2v) is 6.46. The lowest BCUT2D eigenvalue weighted by molar-refractivity contribution is 0.0931. The number of carbonyl (C=O) groups excluding carboxylic acids is 1. The van der Waals surface area contributed by atoms with Gasteiger partial charge in [-0.2, -0.15) is 5.26 Å². The lowest BCUT2D eigenvalue weighted by atomic mass is 9.95. The highest BCUT2D eigenvalue weighted by Crippen LogP contribution is 2.28. The molecule has 2 fully saturated rings. The fraction of sp³-hybridized carbons (Fsp3) is 0.316. The highest BCUT2D eigenvalue weighted by atomic mass is 16.5. The number of carbonyl (C=O) groups is 1. The van der Waals surface area contributed by atoms with Crippen molar-refractivity contribution >= 4 is 5.91 Å². The molecule has 3 atom stereocenters. The summed E-state index contributed by atoms with van der Waals surface area (Å²) in [7, 11) is 0. The van der Waals surface area contributed by atoms with Gasteiger partial charge >= 0.3 is 0 Å². The van der Waals surface area contributed by atoms with Gasteiger partial charge in [0.05, 0.1) is 0 Å². The average molecular weight is 334 g/mol. The lowest BCUT2D eigenvalue weighted by Crippen LogP contribution is -2.42. The molecule has 1 aromatic heterocycles. The molecule has 6 heteroatoms. The average Bonchev–Trinajstić information content (AvgIpc) is 3.25. The summed E-state index contributed by atoms with van der Waals surface area (Å²) >= 11 is 0. The molecule has 2 aromatic rings. The molecule has 6 nitrogen and oxygen atoms in total. The van der Waals surface area contributed by atoms with Gasteiger partial charge in [0.25, 0.3) is 5.91 Å². The van der Waals surface area contributed by atoms with E-state index < -0.39 is 0 Å². The molecule has 3 unspecified atom stereocenters. The summed E-state index contributed by atoms with van der Waals surface area (Å²) in [6.45, 7) is 0. The summed E-state index contributed by atoms with van der Waals surface area (Å²) in [6, 6.07) is 15.1. The van der Waals surface area contributed by atoms with Crippen LogP contribution in [-0.2, 0) is 0 Å². The van der Waals surface area contributed by atoms with Gasteiger partial charge in [-0.1, -0.05) is 6.07 Å². The third-order valence-corrected chi connectivity index (χ3v) is 4.79. The van der Waals surface area contributed by atoms with E-state index in [1.165, 1.54) is 6.42 Å². The normalized spacial score (nSPS) is 23.9. The Morgan fingerprint density at radius 2 is 2.08 bits per heavy atom. The van der Waals surface area contributed by atoms with Crippen molar-refractivity contribution in [1.82, 2.24) is 15.6 Å². The molecule has 25 heavy (non-hydrogen) atoms. The standard InChI is InChI=1S/C19H18N4O2/c20-11-14-2-1-3-18(22-14)25-15-7-4-12(5-8-15)19(24)23-17-10-13-6-9-16(17)21-13/h1-5,7-8,13,16-17,21H,6,9-10H2,(H,23,24). The monoisotopic (exact) mass is 334 g/mol. The van der Waals surface area contributed by atoms with Gasteiger partial charge in [0.15, 0.2) is 0 Å². The zero-order valence-corrected chi connectivity index (χ0v) is 13.6. The molecular weight excluding hydrogens is 316 g/mol. The van der Waals surface area contributed by atoms with Crippen LogP contribution in [0.15, 0.2) is 42.5 Å². The highest BCUT2D eigenvalue weighted by Gasteiger charge is 2.39. The van der Waals surface area contributed by atoms with Crippen molar-refractivity contribution in [2.75, 3.05) is 0 Å². The van der Waals surface area contributed by atoms with Crippen LogP contribution in [0.2, 0.25) is 0 Å². The zero-order valence-electron chi connectivity index (χ0n) is 13.6. The Kier molecular flexibility index (Phi) is 4.08. The predicted octanol–water partition coefficient (Wildman–Crippen LogP) is 2.37. The Morgan fingerprint density at radius 3 is 2.76 bits per heavy atom. The highest BCUT2D eigenvalue weighted by molar-refractivity contribution is 5.94. The first kappa shape index (κ1) is 15.6. The summed E-state index contributed by atoms with van der Waals surface area (Å²) in [5, 5.41) is 15.5. The fourth-order valence-corrected chi connectivity index (χ4v) is 3.56. The van der Waals surface area contributed by atoms with Crippen molar-refractivity contribution in [3.63, 3.8) is 0 Å². The Balaban J connectivity index is 1.39. The molecule has 3 heterocycles. The van der Waals surface area contributed by atoms with Crippen LogP contribution in [0.3, 0.4) is 0 Å². The van der Waals surface area contributed by atoms with Crippen molar-refractivity contribution < 1.29 is 9.53 Å². The molecule has 0 radical (unpaired) electrons. The smallest absolute Gasteiger partial charge is 0.251 e. The van der Waals surface area contributed by atoms with E-state index in [1.54, 1.807) is 42.5 Å². The third kappa shape index (κ3) is 3.32. The third-order valence-electron chi connectivity index (χ3n) is 4.79. The van der Waals surface area contributed by atoms with Gasteiger partial charge in [0.1, 0.15) is 17.5 Å². The number of nitrogens with one attached hydrogen (secondary N) is 2. The van der Waals surface area contributed by atoms with E-state index in [1.807, 2.05) is 6.07 Å². The van der Waals surface area contributed by atoms with E-state index in [2.05, 4.69) is 15.6 Å². The number of ether oxygens (including phenoxy) is 1. The maximum atomic E-state index is 12.4. The molecule has 4 rings (SSSR count). The van der Waals surface area contributed by atoms with E-state index in [-0.39, 0.29) is 11.9 Å². The van der Waals surface area contributed by atoms with Crippen molar-refractivity contribution in [2.45, 2.75) is 37.4 Å². The van der Waals surface area contributed by atoms with Gasteiger partial charge in [-0.3, -0.25) is 4.79 Å². The first-order valence-corrected chi connectivity index (χ1v) is 8.43. The van der Waals surface area contributed by atoms with Crippen LogP contribution < -0.4 is 15.4 Å². The van der Waals surface area contributed by atoms with Gasteiger partial charge in [-0.25, -0.2) is 4.98 Å². The molecule has 1 aromatic carbocycles. The maximum absolute atomic E-state index is 12.4. The summed E-state index contributed by atoms with van der Waals surface area (Å²) in [4.78, 5) is 16.5. The summed E-state index contributed by atoms with van der Waals surface area (Å²) in [5.41, 5.74) is 0.904. The number of fused-ring (bicyclic) bond motifs is 2. The largest absolute Gasteiger partial charge is 0.439 e. The lowest BCUT2D eigenvalue weighted by Gasteiger charge is -2.21. The minimum absolute atomic E-state index is 0.0597. The van der Waals surface area contributed by atoms with Gasteiger partial charge < -0.3 is 15.4 Å².